The quantitative estimate of drug-likeness (QED) is 0.558. The molecule has 1 aromatic carbocycles. The molecule has 0 saturated heterocycles. The van der Waals surface area contributed by atoms with Crippen LogP contribution in [0, 0.1) is 0 Å². The molecular formula is C16H28O3. The Balaban J connectivity index is 0. The molecule has 3 heteroatoms. The third kappa shape index (κ3) is 16.6. The first-order valence-corrected chi connectivity index (χ1v) is 6.96. The molecule has 0 radical (unpaired) electrons. The summed E-state index contributed by atoms with van der Waals surface area (Å²) in [5.74, 6) is -0.0472. The lowest BCUT2D eigenvalue weighted by Crippen LogP contribution is -2.02. The Labute approximate surface area is 117 Å². The average molecular weight is 268 g/mol. The molecule has 0 unspecified atom stereocenters. The van der Waals surface area contributed by atoms with Crippen molar-refractivity contribution in [1.82, 2.24) is 0 Å². The Hall–Kier alpha value is -1.35. The highest BCUT2D eigenvalue weighted by Crippen LogP contribution is 2.05. The monoisotopic (exact) mass is 268 g/mol. The van der Waals surface area contributed by atoms with Gasteiger partial charge in [-0.1, -0.05) is 69.0 Å². The van der Waals surface area contributed by atoms with Crippen LogP contribution in [0.3, 0.4) is 0 Å². The van der Waals surface area contributed by atoms with E-state index in [9.17, 15) is 4.79 Å². The van der Waals surface area contributed by atoms with E-state index in [1.165, 1.54) is 19.3 Å². The summed E-state index contributed by atoms with van der Waals surface area (Å²) >= 11 is 0. The normalized spacial score (nSPS) is 8.74. The summed E-state index contributed by atoms with van der Waals surface area (Å²) in [4.78, 5) is 10.9. The highest BCUT2D eigenvalue weighted by atomic mass is 16.5. The molecule has 0 fully saturated rings. The molecule has 0 atom stereocenters. The van der Waals surface area contributed by atoms with Crippen LogP contribution in [0.4, 0.5) is 0 Å². The van der Waals surface area contributed by atoms with Gasteiger partial charge >= 0.3 is 5.97 Å². The Kier molecular flexibility index (Phi) is 17.5. The van der Waals surface area contributed by atoms with Crippen molar-refractivity contribution in [2.75, 3.05) is 6.61 Å². The lowest BCUT2D eigenvalue weighted by Gasteiger charge is -2.00. The molecule has 19 heavy (non-hydrogen) atoms. The molecule has 0 aliphatic rings. The summed E-state index contributed by atoms with van der Waals surface area (Å²) < 4.78 is 4.81. The molecule has 3 nitrogen and oxygen atoms in total. The minimum absolute atomic E-state index is 0. The highest BCUT2D eigenvalue weighted by Gasteiger charge is 1.99. The smallest absolute Gasteiger partial charge is 0.305 e. The van der Waals surface area contributed by atoms with Crippen molar-refractivity contribution in [3.8, 4) is 0 Å². The molecule has 0 aliphatic carbocycles. The minimum Gasteiger partial charge on any atom is -0.466 e. The fourth-order valence-electron chi connectivity index (χ4n) is 1.49. The standard InChI is InChI=1S/C10H20O2.C6H6.H2O/c1-3-5-6-7-8-9-10(11)12-4-2;1-2-4-6-5-3-1;/h3-9H2,1-2H3;1-6H;1H2. The zero-order valence-electron chi connectivity index (χ0n) is 12.2. The van der Waals surface area contributed by atoms with Crippen LogP contribution in [-0.4, -0.2) is 18.1 Å². The first-order chi connectivity index (χ1) is 8.81. The summed E-state index contributed by atoms with van der Waals surface area (Å²) in [7, 11) is 0. The number of ether oxygens (including phenoxy) is 1. The zero-order valence-corrected chi connectivity index (χ0v) is 12.2. The van der Waals surface area contributed by atoms with Gasteiger partial charge in [0, 0.05) is 6.42 Å². The van der Waals surface area contributed by atoms with E-state index in [0.717, 1.165) is 12.8 Å². The molecule has 1 rings (SSSR count). The molecule has 0 heterocycles. The van der Waals surface area contributed by atoms with Crippen LogP contribution < -0.4 is 0 Å². The first-order valence-electron chi connectivity index (χ1n) is 6.96. The summed E-state index contributed by atoms with van der Waals surface area (Å²) in [6.45, 7) is 4.54. The molecule has 1 aromatic rings. The molecule has 0 amide bonds. The zero-order chi connectivity index (χ0) is 13.5. The number of carbonyl (C=O) groups is 1. The van der Waals surface area contributed by atoms with Gasteiger partial charge in [-0.3, -0.25) is 4.79 Å². The van der Waals surface area contributed by atoms with E-state index in [2.05, 4.69) is 6.92 Å². The number of carbonyl (C=O) groups excluding carboxylic acids is 1. The van der Waals surface area contributed by atoms with E-state index < -0.39 is 0 Å². The van der Waals surface area contributed by atoms with Gasteiger partial charge in [-0.05, 0) is 13.3 Å². The number of rotatable bonds is 7. The number of hydrogen-bond acceptors (Lipinski definition) is 2. The molecule has 0 aliphatic heterocycles. The summed E-state index contributed by atoms with van der Waals surface area (Å²) in [6.07, 6.45) is 6.52. The van der Waals surface area contributed by atoms with Crippen molar-refractivity contribution >= 4 is 5.97 Å². The predicted octanol–water partition coefficient (Wildman–Crippen LogP) is 3.77. The van der Waals surface area contributed by atoms with Gasteiger partial charge < -0.3 is 10.2 Å². The maximum absolute atomic E-state index is 10.9. The van der Waals surface area contributed by atoms with Crippen LogP contribution in [0.25, 0.3) is 0 Å². The van der Waals surface area contributed by atoms with Crippen LogP contribution in [-0.2, 0) is 9.53 Å². The topological polar surface area (TPSA) is 57.8 Å². The molecule has 2 N–H and O–H groups in total. The van der Waals surface area contributed by atoms with Gasteiger partial charge in [-0.15, -0.1) is 0 Å². The van der Waals surface area contributed by atoms with Crippen LogP contribution in [0.15, 0.2) is 36.4 Å². The van der Waals surface area contributed by atoms with Gasteiger partial charge in [0.05, 0.1) is 6.61 Å². The number of benzene rings is 1. The molecule has 110 valence electrons. The van der Waals surface area contributed by atoms with Gasteiger partial charge in [-0.25, -0.2) is 0 Å². The van der Waals surface area contributed by atoms with E-state index in [-0.39, 0.29) is 11.4 Å². The molecule has 0 bridgehead atoms. The van der Waals surface area contributed by atoms with Crippen LogP contribution in [0.1, 0.15) is 52.4 Å². The lowest BCUT2D eigenvalue weighted by molar-refractivity contribution is -0.143. The Morgan fingerprint density at radius 2 is 1.32 bits per heavy atom. The maximum Gasteiger partial charge on any atom is 0.305 e. The molecule has 0 spiro atoms. The second kappa shape index (κ2) is 16.6. The minimum atomic E-state index is -0.0472. The number of unbranched alkanes of at least 4 members (excludes halogenated alkanes) is 4. The van der Waals surface area contributed by atoms with Crippen LogP contribution >= 0.6 is 0 Å². The fourth-order valence-corrected chi connectivity index (χ4v) is 1.49. The Bertz CT molecular complexity index is 246. The van der Waals surface area contributed by atoms with E-state index in [1.807, 2.05) is 43.3 Å². The van der Waals surface area contributed by atoms with Crippen molar-refractivity contribution in [3.63, 3.8) is 0 Å². The third-order valence-electron chi connectivity index (χ3n) is 2.46. The molecule has 0 saturated carbocycles. The number of hydrogen-bond donors (Lipinski definition) is 0. The lowest BCUT2D eigenvalue weighted by atomic mass is 10.1. The van der Waals surface area contributed by atoms with Gasteiger partial charge in [0.2, 0.25) is 0 Å². The maximum atomic E-state index is 10.9. The second-order valence-electron chi connectivity index (χ2n) is 4.12. The van der Waals surface area contributed by atoms with Crippen LogP contribution in [0.5, 0.6) is 0 Å². The van der Waals surface area contributed by atoms with Gasteiger partial charge in [-0.2, -0.15) is 0 Å². The van der Waals surface area contributed by atoms with E-state index >= 15 is 0 Å². The SMILES string of the molecule is CCCCCCCC(=O)OCC.O.c1ccccc1. The molecule has 0 aromatic heterocycles. The van der Waals surface area contributed by atoms with Gasteiger partial charge in [0.25, 0.3) is 0 Å². The van der Waals surface area contributed by atoms with Crippen molar-refractivity contribution in [2.45, 2.75) is 52.4 Å². The van der Waals surface area contributed by atoms with E-state index in [4.69, 9.17) is 4.74 Å². The fraction of sp³-hybridized carbons (Fsp3) is 0.562. The predicted molar refractivity (Wildman–Crippen MR) is 80.1 cm³/mol. The first kappa shape index (κ1) is 20.0. The Morgan fingerprint density at radius 3 is 1.74 bits per heavy atom. The summed E-state index contributed by atoms with van der Waals surface area (Å²) in [5, 5.41) is 0. The van der Waals surface area contributed by atoms with Crippen molar-refractivity contribution in [2.24, 2.45) is 0 Å². The van der Waals surface area contributed by atoms with E-state index in [0.29, 0.717) is 13.0 Å². The van der Waals surface area contributed by atoms with Crippen molar-refractivity contribution in [3.05, 3.63) is 36.4 Å². The van der Waals surface area contributed by atoms with Crippen molar-refractivity contribution < 1.29 is 15.0 Å². The largest absolute Gasteiger partial charge is 0.466 e. The Morgan fingerprint density at radius 1 is 0.842 bits per heavy atom. The second-order valence-corrected chi connectivity index (χ2v) is 4.12. The van der Waals surface area contributed by atoms with Crippen molar-refractivity contribution in [1.29, 1.82) is 0 Å². The third-order valence-corrected chi connectivity index (χ3v) is 2.46. The van der Waals surface area contributed by atoms with Gasteiger partial charge in [0.15, 0.2) is 0 Å². The summed E-state index contributed by atoms with van der Waals surface area (Å²) in [5.41, 5.74) is 0. The summed E-state index contributed by atoms with van der Waals surface area (Å²) in [6, 6.07) is 12.0. The highest BCUT2D eigenvalue weighted by molar-refractivity contribution is 5.69. The van der Waals surface area contributed by atoms with Gasteiger partial charge in [0.1, 0.15) is 0 Å². The average Bonchev–Trinajstić information content (AvgIpc) is 2.41. The van der Waals surface area contributed by atoms with Crippen LogP contribution in [0.2, 0.25) is 0 Å². The van der Waals surface area contributed by atoms with E-state index in [1.54, 1.807) is 0 Å². The molecular weight excluding hydrogens is 240 g/mol. The number of esters is 1.